The minimum Gasteiger partial charge on any atom is -0.489 e. The van der Waals surface area contributed by atoms with Gasteiger partial charge in [0.15, 0.2) is 5.96 Å². The monoisotopic (exact) mass is 412 g/mol. The number of alkyl halides is 3. The van der Waals surface area contributed by atoms with Crippen LogP contribution in [0.3, 0.4) is 0 Å². The zero-order valence-corrected chi connectivity index (χ0v) is 16.8. The number of guanidine groups is 1. The highest BCUT2D eigenvalue weighted by molar-refractivity contribution is 5.79. The van der Waals surface area contributed by atoms with Crippen LogP contribution < -0.4 is 15.4 Å². The molecule has 29 heavy (non-hydrogen) atoms. The summed E-state index contributed by atoms with van der Waals surface area (Å²) in [6, 6.07) is 4.90. The van der Waals surface area contributed by atoms with Crippen LogP contribution in [-0.2, 0) is 19.1 Å². The van der Waals surface area contributed by atoms with Crippen molar-refractivity contribution < 1.29 is 17.9 Å². The Morgan fingerprint density at radius 1 is 1.28 bits per heavy atom. The first-order valence-corrected chi connectivity index (χ1v) is 9.52. The predicted molar refractivity (Wildman–Crippen MR) is 105 cm³/mol. The Labute approximate surface area is 168 Å². The normalized spacial score (nSPS) is 13.2. The summed E-state index contributed by atoms with van der Waals surface area (Å²) in [4.78, 5) is 4.16. The van der Waals surface area contributed by atoms with Gasteiger partial charge in [-0.25, -0.2) is 0 Å². The van der Waals surface area contributed by atoms with Gasteiger partial charge in [0.2, 0.25) is 0 Å². The Hall–Kier alpha value is -2.78. The lowest BCUT2D eigenvalue weighted by Gasteiger charge is -2.20. The zero-order chi connectivity index (χ0) is 21.3. The molecule has 2 N–H and O–H groups in total. The van der Waals surface area contributed by atoms with E-state index in [0.717, 1.165) is 24.4 Å². The van der Waals surface area contributed by atoms with E-state index in [9.17, 15) is 13.2 Å². The summed E-state index contributed by atoms with van der Waals surface area (Å²) in [5.74, 6) is 1.69. The third-order valence-corrected chi connectivity index (χ3v) is 4.30. The first-order valence-electron chi connectivity index (χ1n) is 9.52. The average Bonchev–Trinajstić information content (AvgIpc) is 3.16. The number of rotatable bonds is 9. The predicted octanol–water partition coefficient (Wildman–Crippen LogP) is 2.88. The number of halogens is 3. The van der Waals surface area contributed by atoms with Crippen molar-refractivity contribution in [3.05, 3.63) is 42.0 Å². The Morgan fingerprint density at radius 3 is 2.72 bits per heavy atom. The minimum absolute atomic E-state index is 0.191. The van der Waals surface area contributed by atoms with E-state index in [1.54, 1.807) is 13.4 Å². The largest absolute Gasteiger partial charge is 0.489 e. The van der Waals surface area contributed by atoms with Crippen molar-refractivity contribution in [1.82, 2.24) is 25.4 Å². The molecule has 1 aromatic carbocycles. The lowest BCUT2D eigenvalue weighted by molar-refractivity contribution is -0.137. The maximum absolute atomic E-state index is 12.9. The van der Waals surface area contributed by atoms with Crippen molar-refractivity contribution in [1.29, 1.82) is 0 Å². The summed E-state index contributed by atoms with van der Waals surface area (Å²) < 4.78 is 46.2. The molecule has 0 aliphatic rings. The van der Waals surface area contributed by atoms with Gasteiger partial charge in [-0.2, -0.15) is 13.2 Å². The highest BCUT2D eigenvalue weighted by atomic mass is 19.4. The Kier molecular flexibility index (Phi) is 8.29. The fraction of sp³-hybridized carbons (Fsp3) is 0.526. The van der Waals surface area contributed by atoms with Gasteiger partial charge in [-0.3, -0.25) is 4.99 Å². The zero-order valence-electron chi connectivity index (χ0n) is 16.8. The molecule has 0 amide bonds. The number of nitrogens with zero attached hydrogens (tertiary/aromatic N) is 4. The molecular weight excluding hydrogens is 385 g/mol. The summed E-state index contributed by atoms with van der Waals surface area (Å²) in [7, 11) is 1.65. The van der Waals surface area contributed by atoms with E-state index < -0.39 is 11.7 Å². The van der Waals surface area contributed by atoms with Crippen LogP contribution in [0.15, 0.2) is 35.6 Å². The lowest BCUT2D eigenvalue weighted by Crippen LogP contribution is -2.43. The van der Waals surface area contributed by atoms with Crippen LogP contribution in [0.4, 0.5) is 13.2 Å². The molecular formula is C19H27F3N6O. The van der Waals surface area contributed by atoms with E-state index in [1.165, 1.54) is 12.1 Å². The van der Waals surface area contributed by atoms with Crippen molar-refractivity contribution in [2.24, 2.45) is 4.99 Å². The van der Waals surface area contributed by atoms with Gasteiger partial charge in [-0.1, -0.05) is 19.9 Å². The van der Waals surface area contributed by atoms with Gasteiger partial charge in [0, 0.05) is 26.6 Å². The maximum Gasteiger partial charge on any atom is 0.416 e. The molecule has 0 aliphatic heterocycles. The standard InChI is InChI=1S/C19H27F3N6O/c1-4-15(29-16-8-6-7-14(11-16)19(20,21)22)12-25-18(23-3)24-9-10-28-13-26-27-17(28)5-2/h6-8,11,13,15H,4-5,9-10,12H2,1-3H3,(H2,23,24,25). The van der Waals surface area contributed by atoms with E-state index in [1.807, 2.05) is 18.4 Å². The molecule has 0 fully saturated rings. The molecule has 1 aromatic heterocycles. The first kappa shape index (κ1) is 22.5. The molecule has 7 nitrogen and oxygen atoms in total. The molecule has 10 heteroatoms. The molecule has 2 rings (SSSR count). The number of nitrogens with one attached hydrogen (secondary N) is 2. The quantitative estimate of drug-likeness (QED) is 0.489. The molecule has 0 spiro atoms. The fourth-order valence-corrected chi connectivity index (χ4v) is 2.67. The molecule has 0 saturated heterocycles. The van der Waals surface area contributed by atoms with Crippen molar-refractivity contribution in [3.8, 4) is 5.75 Å². The average molecular weight is 412 g/mol. The molecule has 1 unspecified atom stereocenters. The maximum atomic E-state index is 12.9. The SMILES string of the molecule is CCc1nncn1CCNC(=NC)NCC(CC)Oc1cccc(C(F)(F)F)c1. The fourth-order valence-electron chi connectivity index (χ4n) is 2.67. The number of ether oxygens (including phenoxy) is 1. The lowest BCUT2D eigenvalue weighted by atomic mass is 10.2. The van der Waals surface area contributed by atoms with E-state index in [2.05, 4.69) is 25.8 Å². The van der Waals surface area contributed by atoms with Crippen molar-refractivity contribution in [2.75, 3.05) is 20.1 Å². The summed E-state index contributed by atoms with van der Waals surface area (Å²) in [5, 5.41) is 14.3. The van der Waals surface area contributed by atoms with Crippen LogP contribution in [0.25, 0.3) is 0 Å². The van der Waals surface area contributed by atoms with Crippen LogP contribution in [0.1, 0.15) is 31.7 Å². The third-order valence-electron chi connectivity index (χ3n) is 4.30. The smallest absolute Gasteiger partial charge is 0.416 e. The second kappa shape index (κ2) is 10.7. The first-order chi connectivity index (χ1) is 13.9. The number of benzene rings is 1. The topological polar surface area (TPSA) is 76.4 Å². The minimum atomic E-state index is -4.40. The number of aliphatic imine (C=N–C) groups is 1. The van der Waals surface area contributed by atoms with Crippen LogP contribution in [0.2, 0.25) is 0 Å². The molecule has 0 saturated carbocycles. The summed E-state index contributed by atoms with van der Waals surface area (Å²) in [6.45, 7) is 5.64. The van der Waals surface area contributed by atoms with Gasteiger partial charge in [0.1, 0.15) is 24.0 Å². The van der Waals surface area contributed by atoms with Gasteiger partial charge in [0.05, 0.1) is 12.1 Å². The second-order valence-electron chi connectivity index (χ2n) is 6.35. The van der Waals surface area contributed by atoms with Crippen LogP contribution >= 0.6 is 0 Å². The van der Waals surface area contributed by atoms with Gasteiger partial charge in [-0.15, -0.1) is 10.2 Å². The van der Waals surface area contributed by atoms with Crippen molar-refractivity contribution >= 4 is 5.96 Å². The van der Waals surface area contributed by atoms with Crippen LogP contribution in [0.5, 0.6) is 5.75 Å². The number of hydrogen-bond acceptors (Lipinski definition) is 4. The van der Waals surface area contributed by atoms with Gasteiger partial charge in [0.25, 0.3) is 0 Å². The van der Waals surface area contributed by atoms with Gasteiger partial charge in [-0.05, 0) is 24.6 Å². The molecule has 160 valence electrons. The molecule has 2 aromatic rings. The molecule has 0 radical (unpaired) electrons. The van der Waals surface area contributed by atoms with E-state index >= 15 is 0 Å². The summed E-state index contributed by atoms with van der Waals surface area (Å²) in [5.41, 5.74) is -0.726. The highest BCUT2D eigenvalue weighted by Gasteiger charge is 2.30. The van der Waals surface area contributed by atoms with Crippen molar-refractivity contribution in [2.45, 2.75) is 45.5 Å². The Bertz CT molecular complexity index is 790. The number of hydrogen-bond donors (Lipinski definition) is 2. The Morgan fingerprint density at radius 2 is 2.07 bits per heavy atom. The molecule has 1 atom stereocenters. The van der Waals surface area contributed by atoms with E-state index in [4.69, 9.17) is 4.74 Å². The van der Waals surface area contributed by atoms with E-state index in [-0.39, 0.29) is 11.9 Å². The van der Waals surface area contributed by atoms with Crippen LogP contribution in [-0.4, -0.2) is 47.0 Å². The number of aromatic nitrogens is 3. The summed E-state index contributed by atoms with van der Waals surface area (Å²) in [6.07, 6.45) is -1.58. The van der Waals surface area contributed by atoms with E-state index in [0.29, 0.717) is 32.0 Å². The highest BCUT2D eigenvalue weighted by Crippen LogP contribution is 2.31. The second-order valence-corrected chi connectivity index (χ2v) is 6.35. The third kappa shape index (κ3) is 6.95. The molecule has 1 heterocycles. The van der Waals surface area contributed by atoms with Gasteiger partial charge < -0.3 is 19.9 Å². The number of aryl methyl sites for hydroxylation is 1. The van der Waals surface area contributed by atoms with Crippen molar-refractivity contribution in [3.63, 3.8) is 0 Å². The van der Waals surface area contributed by atoms with Gasteiger partial charge >= 0.3 is 6.18 Å². The summed E-state index contributed by atoms with van der Waals surface area (Å²) >= 11 is 0. The Balaban J connectivity index is 1.84. The molecule has 0 aliphatic carbocycles. The van der Waals surface area contributed by atoms with Crippen LogP contribution in [0, 0.1) is 0 Å². The molecule has 0 bridgehead atoms.